The molecule has 0 bridgehead atoms. The van der Waals surface area contributed by atoms with E-state index in [9.17, 15) is 9.59 Å². The molecule has 7 heteroatoms. The Morgan fingerprint density at radius 3 is 2.15 bits per heavy atom. The summed E-state index contributed by atoms with van der Waals surface area (Å²) in [6.07, 6.45) is 0.166. The van der Waals surface area contributed by atoms with E-state index < -0.39 is 0 Å². The van der Waals surface area contributed by atoms with Crippen LogP contribution in [0.5, 0.6) is 0 Å². The first-order chi connectivity index (χ1) is 13.0. The number of rotatable bonds is 6. The van der Waals surface area contributed by atoms with Gasteiger partial charge < -0.3 is 15.1 Å². The van der Waals surface area contributed by atoms with Crippen LogP contribution in [0.4, 0.5) is 11.4 Å². The lowest BCUT2D eigenvalue weighted by Crippen LogP contribution is -2.17. The highest BCUT2D eigenvalue weighted by molar-refractivity contribution is 5.92. The molecule has 0 spiro atoms. The smallest absolute Gasteiger partial charge is 0.225 e. The Morgan fingerprint density at radius 2 is 1.59 bits per heavy atom. The minimum atomic E-state index is -0.328. The molecule has 7 nitrogen and oxygen atoms in total. The quantitative estimate of drug-likeness (QED) is 0.698. The first kappa shape index (κ1) is 18.3. The van der Waals surface area contributed by atoms with E-state index in [1.54, 1.807) is 31.2 Å². The number of benzene rings is 2. The number of hydrogen-bond donors (Lipinski definition) is 2. The van der Waals surface area contributed by atoms with Crippen LogP contribution in [-0.2, 0) is 9.59 Å². The maximum Gasteiger partial charge on any atom is 0.225 e. The van der Waals surface area contributed by atoms with Crippen molar-refractivity contribution in [1.82, 2.24) is 10.2 Å². The highest BCUT2D eigenvalue weighted by Crippen LogP contribution is 2.27. The second kappa shape index (κ2) is 8.27. The zero-order valence-electron chi connectivity index (χ0n) is 15.1. The first-order valence-corrected chi connectivity index (χ1v) is 8.53. The molecule has 0 aliphatic carbocycles. The molecule has 0 fully saturated rings. The molecule has 1 atom stereocenters. The number of carbonyl (C=O) groups excluding carboxylic acids is 2. The third-order valence-electron chi connectivity index (χ3n) is 3.92. The lowest BCUT2D eigenvalue weighted by Gasteiger charge is -2.14. The molecule has 1 aromatic heterocycles. The van der Waals surface area contributed by atoms with Gasteiger partial charge in [0.05, 0.1) is 5.92 Å². The Labute approximate surface area is 156 Å². The zero-order chi connectivity index (χ0) is 19.2. The molecule has 1 unspecified atom stereocenters. The molecule has 0 aliphatic heterocycles. The van der Waals surface area contributed by atoms with Crippen molar-refractivity contribution >= 4 is 23.2 Å². The maximum absolute atomic E-state index is 12.6. The van der Waals surface area contributed by atoms with Crippen LogP contribution in [0.25, 0.3) is 0 Å². The number of hydrogen-bond acceptors (Lipinski definition) is 5. The van der Waals surface area contributed by atoms with Crippen LogP contribution in [0.3, 0.4) is 0 Å². The van der Waals surface area contributed by atoms with Crippen LogP contribution in [0.1, 0.15) is 36.6 Å². The van der Waals surface area contributed by atoms with Crippen molar-refractivity contribution in [2.24, 2.45) is 0 Å². The summed E-state index contributed by atoms with van der Waals surface area (Å²) in [6, 6.07) is 16.5. The zero-order valence-corrected chi connectivity index (χ0v) is 15.1. The summed E-state index contributed by atoms with van der Waals surface area (Å²) in [5, 5.41) is 13.5. The molecule has 0 radical (unpaired) electrons. The molecule has 0 aliphatic rings. The maximum atomic E-state index is 12.6. The van der Waals surface area contributed by atoms with Gasteiger partial charge in [-0.05, 0) is 29.8 Å². The van der Waals surface area contributed by atoms with Gasteiger partial charge in [-0.3, -0.25) is 9.59 Å². The summed E-state index contributed by atoms with van der Waals surface area (Å²) in [7, 11) is 0. The molecule has 0 saturated carbocycles. The summed E-state index contributed by atoms with van der Waals surface area (Å²) < 4.78 is 5.56. The number of nitrogens with zero attached hydrogens (tertiary/aromatic N) is 2. The summed E-state index contributed by atoms with van der Waals surface area (Å²) in [4.78, 5) is 23.6. The van der Waals surface area contributed by atoms with Crippen molar-refractivity contribution in [3.63, 3.8) is 0 Å². The molecule has 2 amide bonds. The van der Waals surface area contributed by atoms with E-state index in [4.69, 9.17) is 4.42 Å². The minimum absolute atomic E-state index is 0.146. The van der Waals surface area contributed by atoms with Crippen LogP contribution in [0.15, 0.2) is 59.0 Å². The second-order valence-electron chi connectivity index (χ2n) is 6.13. The summed E-state index contributed by atoms with van der Waals surface area (Å²) in [5.74, 6) is 0.222. The van der Waals surface area contributed by atoms with Gasteiger partial charge in [0.1, 0.15) is 0 Å². The van der Waals surface area contributed by atoms with Crippen LogP contribution < -0.4 is 10.6 Å². The largest absolute Gasteiger partial charge is 0.425 e. The van der Waals surface area contributed by atoms with Crippen molar-refractivity contribution in [3.8, 4) is 0 Å². The SMILES string of the molecule is CC(=O)Nc1ccc(NC(=O)CC(c2ccccc2)c2nnc(C)o2)cc1. The van der Waals surface area contributed by atoms with Gasteiger partial charge in [-0.1, -0.05) is 30.3 Å². The highest BCUT2D eigenvalue weighted by Gasteiger charge is 2.23. The van der Waals surface area contributed by atoms with E-state index in [2.05, 4.69) is 20.8 Å². The number of aryl methyl sites for hydroxylation is 1. The van der Waals surface area contributed by atoms with E-state index in [0.717, 1.165) is 5.56 Å². The average molecular weight is 364 g/mol. The molecule has 2 aromatic carbocycles. The number of amides is 2. The summed E-state index contributed by atoms with van der Waals surface area (Å²) in [5.41, 5.74) is 2.24. The topological polar surface area (TPSA) is 97.1 Å². The minimum Gasteiger partial charge on any atom is -0.425 e. The Hall–Kier alpha value is -3.48. The fraction of sp³-hybridized carbons (Fsp3) is 0.200. The third-order valence-corrected chi connectivity index (χ3v) is 3.92. The van der Waals surface area contributed by atoms with Gasteiger partial charge in [-0.25, -0.2) is 0 Å². The van der Waals surface area contributed by atoms with Crippen molar-refractivity contribution < 1.29 is 14.0 Å². The molecule has 138 valence electrons. The van der Waals surface area contributed by atoms with E-state index in [0.29, 0.717) is 23.2 Å². The Morgan fingerprint density at radius 1 is 0.963 bits per heavy atom. The fourth-order valence-corrected chi connectivity index (χ4v) is 2.72. The molecule has 3 aromatic rings. The van der Waals surface area contributed by atoms with Crippen molar-refractivity contribution in [2.75, 3.05) is 10.6 Å². The summed E-state index contributed by atoms with van der Waals surface area (Å²) in [6.45, 7) is 3.16. The van der Waals surface area contributed by atoms with Crippen LogP contribution in [0.2, 0.25) is 0 Å². The lowest BCUT2D eigenvalue weighted by molar-refractivity contribution is -0.116. The molecule has 0 saturated heterocycles. The Kier molecular flexibility index (Phi) is 5.61. The van der Waals surface area contributed by atoms with Crippen molar-refractivity contribution in [3.05, 3.63) is 71.9 Å². The van der Waals surface area contributed by atoms with Crippen LogP contribution in [-0.4, -0.2) is 22.0 Å². The van der Waals surface area contributed by atoms with Gasteiger partial charge in [-0.2, -0.15) is 0 Å². The van der Waals surface area contributed by atoms with Gasteiger partial charge in [-0.15, -0.1) is 10.2 Å². The molecule has 27 heavy (non-hydrogen) atoms. The van der Waals surface area contributed by atoms with Crippen LogP contribution >= 0.6 is 0 Å². The van der Waals surface area contributed by atoms with Gasteiger partial charge in [0.2, 0.25) is 23.6 Å². The van der Waals surface area contributed by atoms with E-state index in [-0.39, 0.29) is 24.2 Å². The van der Waals surface area contributed by atoms with Crippen LogP contribution in [0, 0.1) is 6.92 Å². The van der Waals surface area contributed by atoms with Gasteiger partial charge in [0.25, 0.3) is 0 Å². The standard InChI is InChI=1S/C20H20N4O3/c1-13(25)21-16-8-10-17(11-9-16)22-19(26)12-18(15-6-4-3-5-7-15)20-24-23-14(2)27-20/h3-11,18H,12H2,1-2H3,(H,21,25)(H,22,26). The molecule has 3 rings (SSSR count). The predicted octanol–water partition coefficient (Wildman–Crippen LogP) is 3.50. The van der Waals surface area contributed by atoms with E-state index in [1.807, 2.05) is 30.3 Å². The average Bonchev–Trinajstić information content (AvgIpc) is 3.08. The fourth-order valence-electron chi connectivity index (χ4n) is 2.72. The Balaban J connectivity index is 1.72. The molecular formula is C20H20N4O3. The monoisotopic (exact) mass is 364 g/mol. The summed E-state index contributed by atoms with van der Waals surface area (Å²) >= 11 is 0. The first-order valence-electron chi connectivity index (χ1n) is 8.53. The molecule has 1 heterocycles. The number of nitrogens with one attached hydrogen (secondary N) is 2. The molecule has 2 N–H and O–H groups in total. The van der Waals surface area contributed by atoms with Gasteiger partial charge >= 0.3 is 0 Å². The lowest BCUT2D eigenvalue weighted by atomic mass is 9.95. The van der Waals surface area contributed by atoms with E-state index in [1.165, 1.54) is 6.92 Å². The highest BCUT2D eigenvalue weighted by atomic mass is 16.4. The normalized spacial score (nSPS) is 11.6. The van der Waals surface area contributed by atoms with Gasteiger partial charge in [0, 0.05) is 31.6 Å². The number of carbonyl (C=O) groups is 2. The predicted molar refractivity (Wildman–Crippen MR) is 101 cm³/mol. The molecular weight excluding hydrogens is 344 g/mol. The third kappa shape index (κ3) is 5.01. The van der Waals surface area contributed by atoms with Crippen molar-refractivity contribution in [2.45, 2.75) is 26.2 Å². The number of anilines is 2. The van der Waals surface area contributed by atoms with Gasteiger partial charge in [0.15, 0.2) is 0 Å². The van der Waals surface area contributed by atoms with E-state index >= 15 is 0 Å². The number of aromatic nitrogens is 2. The van der Waals surface area contributed by atoms with Crippen molar-refractivity contribution in [1.29, 1.82) is 0 Å². The Bertz CT molecular complexity index is 920. The second-order valence-corrected chi connectivity index (χ2v) is 6.13.